The number of nitrogens with zero attached hydrogens (tertiary/aromatic N) is 2. The number of hydrogen-bond donors (Lipinski definition) is 2. The predicted molar refractivity (Wildman–Crippen MR) is 93.9 cm³/mol. The molecule has 1 aliphatic heterocycles. The minimum absolute atomic E-state index is 0.0888. The summed E-state index contributed by atoms with van der Waals surface area (Å²) in [6, 6.07) is 1.03. The molecular weight excluding hydrogens is 334 g/mol. The van der Waals surface area contributed by atoms with Gasteiger partial charge in [-0.25, -0.2) is 4.79 Å². The van der Waals surface area contributed by atoms with E-state index in [1.807, 2.05) is 0 Å². The summed E-state index contributed by atoms with van der Waals surface area (Å²) in [6.07, 6.45) is 4.26. The van der Waals surface area contributed by atoms with Crippen molar-refractivity contribution in [2.45, 2.75) is 83.0 Å². The summed E-state index contributed by atoms with van der Waals surface area (Å²) in [4.78, 5) is 27.4. The zero-order valence-electron chi connectivity index (χ0n) is 15.8. The SMILES string of the molecule is CC(C)(C)OC(=O)NC(C(=O)N1C(C#N)C[C@@H]2CC[C@@H]21)C1(CO)CCC1. The van der Waals surface area contributed by atoms with Gasteiger partial charge >= 0.3 is 6.09 Å². The maximum Gasteiger partial charge on any atom is 0.408 e. The first kappa shape index (κ1) is 19.0. The summed E-state index contributed by atoms with van der Waals surface area (Å²) in [5, 5.41) is 22.2. The number of nitrogens with one attached hydrogen (secondary N) is 1. The summed E-state index contributed by atoms with van der Waals surface area (Å²) >= 11 is 0. The van der Waals surface area contributed by atoms with Gasteiger partial charge < -0.3 is 20.1 Å². The lowest BCUT2D eigenvalue weighted by Crippen LogP contribution is -2.63. The molecule has 0 aromatic carbocycles. The van der Waals surface area contributed by atoms with Gasteiger partial charge in [-0.3, -0.25) is 4.79 Å². The Kier molecular flexibility index (Phi) is 4.91. The van der Waals surface area contributed by atoms with E-state index >= 15 is 0 Å². The fourth-order valence-corrected chi connectivity index (χ4v) is 4.48. The van der Waals surface area contributed by atoms with Crippen LogP contribution >= 0.6 is 0 Å². The van der Waals surface area contributed by atoms with Crippen LogP contribution in [0.15, 0.2) is 0 Å². The minimum Gasteiger partial charge on any atom is -0.444 e. The Morgan fingerprint density at radius 2 is 2.08 bits per heavy atom. The van der Waals surface area contributed by atoms with E-state index in [0.717, 1.165) is 19.3 Å². The number of fused-ring (bicyclic) bond motifs is 1. The number of carbonyl (C=O) groups excluding carboxylic acids is 2. The lowest BCUT2D eigenvalue weighted by molar-refractivity contribution is -0.145. The van der Waals surface area contributed by atoms with Gasteiger partial charge in [0.2, 0.25) is 5.91 Å². The lowest BCUT2D eigenvalue weighted by Gasteiger charge is -2.48. The van der Waals surface area contributed by atoms with Crippen LogP contribution < -0.4 is 5.32 Å². The molecule has 26 heavy (non-hydrogen) atoms. The van der Waals surface area contributed by atoms with Crippen molar-refractivity contribution in [3.05, 3.63) is 0 Å². The number of rotatable bonds is 4. The summed E-state index contributed by atoms with van der Waals surface area (Å²) in [6.45, 7) is 5.12. The smallest absolute Gasteiger partial charge is 0.408 e. The van der Waals surface area contributed by atoms with Gasteiger partial charge in [-0.15, -0.1) is 0 Å². The van der Waals surface area contributed by atoms with E-state index in [9.17, 15) is 20.0 Å². The molecule has 0 radical (unpaired) electrons. The molecule has 2 amide bonds. The van der Waals surface area contributed by atoms with E-state index in [-0.39, 0.29) is 18.6 Å². The molecule has 1 heterocycles. The van der Waals surface area contributed by atoms with Crippen molar-refractivity contribution in [2.24, 2.45) is 11.3 Å². The Morgan fingerprint density at radius 1 is 1.38 bits per heavy atom. The number of alkyl carbamates (subject to hydrolysis) is 1. The molecule has 2 N–H and O–H groups in total. The van der Waals surface area contributed by atoms with Crippen LogP contribution in [-0.2, 0) is 9.53 Å². The van der Waals surface area contributed by atoms with Crippen LogP contribution in [0.1, 0.15) is 59.3 Å². The van der Waals surface area contributed by atoms with Gasteiger partial charge in [-0.05, 0) is 58.8 Å². The van der Waals surface area contributed by atoms with E-state index in [0.29, 0.717) is 25.2 Å². The van der Waals surface area contributed by atoms with Crippen LogP contribution in [0.25, 0.3) is 0 Å². The van der Waals surface area contributed by atoms with Crippen molar-refractivity contribution >= 4 is 12.0 Å². The first-order chi connectivity index (χ1) is 12.2. The first-order valence-electron chi connectivity index (χ1n) is 9.53. The first-order valence-corrected chi connectivity index (χ1v) is 9.53. The van der Waals surface area contributed by atoms with Crippen LogP contribution in [-0.4, -0.2) is 52.3 Å². The number of aliphatic hydroxyl groups is 1. The van der Waals surface area contributed by atoms with Crippen LogP contribution in [0, 0.1) is 22.7 Å². The van der Waals surface area contributed by atoms with Crippen LogP contribution in [0.4, 0.5) is 4.79 Å². The molecule has 7 nitrogen and oxygen atoms in total. The van der Waals surface area contributed by atoms with Crippen molar-refractivity contribution in [1.82, 2.24) is 10.2 Å². The summed E-state index contributed by atoms with van der Waals surface area (Å²) in [7, 11) is 0. The molecule has 2 aliphatic carbocycles. The molecule has 3 fully saturated rings. The van der Waals surface area contributed by atoms with E-state index < -0.39 is 29.2 Å². The van der Waals surface area contributed by atoms with Gasteiger partial charge in [0.25, 0.3) is 0 Å². The number of likely N-dealkylation sites (tertiary alicyclic amines) is 1. The van der Waals surface area contributed by atoms with E-state index in [1.165, 1.54) is 0 Å². The topological polar surface area (TPSA) is 103 Å². The third-order valence-corrected chi connectivity index (χ3v) is 6.18. The van der Waals surface area contributed by atoms with Gasteiger partial charge in [0, 0.05) is 11.5 Å². The maximum absolute atomic E-state index is 13.4. The summed E-state index contributed by atoms with van der Waals surface area (Å²) in [5.74, 6) is 0.139. The summed E-state index contributed by atoms with van der Waals surface area (Å²) in [5.41, 5.74) is -1.33. The van der Waals surface area contributed by atoms with Gasteiger partial charge in [-0.1, -0.05) is 6.42 Å². The molecule has 0 bridgehead atoms. The minimum atomic E-state index is -0.855. The van der Waals surface area contributed by atoms with Crippen molar-refractivity contribution in [3.8, 4) is 6.07 Å². The Labute approximate surface area is 154 Å². The van der Waals surface area contributed by atoms with Crippen LogP contribution in [0.2, 0.25) is 0 Å². The standard InChI is InChI=1S/C19H29N3O4/c1-18(2,3)26-17(25)21-15(19(11-23)7-4-8-19)16(24)22-13(10-20)9-12-5-6-14(12)22/h12-15,23H,4-9,11H2,1-3H3,(H,21,25)/t12-,13?,14-,15?/m0/s1. The predicted octanol–water partition coefficient (Wildman–Crippen LogP) is 1.95. The monoisotopic (exact) mass is 363 g/mol. The van der Waals surface area contributed by atoms with E-state index in [1.54, 1.807) is 25.7 Å². The van der Waals surface area contributed by atoms with Gasteiger partial charge in [0.05, 0.1) is 12.7 Å². The van der Waals surface area contributed by atoms with Gasteiger partial charge in [0.1, 0.15) is 17.7 Å². The zero-order chi connectivity index (χ0) is 19.1. The highest BCUT2D eigenvalue weighted by Crippen LogP contribution is 2.48. The fraction of sp³-hybridized carbons (Fsp3) is 0.842. The largest absolute Gasteiger partial charge is 0.444 e. The van der Waals surface area contributed by atoms with Gasteiger partial charge in [-0.2, -0.15) is 5.26 Å². The number of nitriles is 1. The zero-order valence-corrected chi connectivity index (χ0v) is 15.8. The molecule has 0 aromatic heterocycles. The second-order valence-electron chi connectivity index (χ2n) is 8.98. The van der Waals surface area contributed by atoms with E-state index in [2.05, 4.69) is 11.4 Å². The number of carbonyl (C=O) groups is 2. The lowest BCUT2D eigenvalue weighted by atomic mass is 9.64. The highest BCUT2D eigenvalue weighted by Gasteiger charge is 2.55. The molecule has 7 heteroatoms. The normalized spacial score (nSPS) is 30.3. The molecule has 2 unspecified atom stereocenters. The third kappa shape index (κ3) is 3.27. The van der Waals surface area contributed by atoms with Crippen molar-refractivity contribution in [3.63, 3.8) is 0 Å². The number of ether oxygens (including phenoxy) is 1. The molecule has 0 spiro atoms. The highest BCUT2D eigenvalue weighted by atomic mass is 16.6. The summed E-state index contributed by atoms with van der Waals surface area (Å²) < 4.78 is 5.34. The second kappa shape index (κ2) is 6.73. The molecule has 2 saturated carbocycles. The number of amides is 2. The maximum atomic E-state index is 13.4. The van der Waals surface area contributed by atoms with E-state index in [4.69, 9.17) is 4.74 Å². The molecule has 144 valence electrons. The average molecular weight is 363 g/mol. The number of aliphatic hydroxyl groups excluding tert-OH is 1. The third-order valence-electron chi connectivity index (χ3n) is 6.18. The molecule has 3 aliphatic rings. The van der Waals surface area contributed by atoms with Crippen LogP contribution in [0.5, 0.6) is 0 Å². The second-order valence-corrected chi connectivity index (χ2v) is 8.98. The highest BCUT2D eigenvalue weighted by molar-refractivity contribution is 5.88. The quantitative estimate of drug-likeness (QED) is 0.795. The molecular formula is C19H29N3O4. The van der Waals surface area contributed by atoms with Gasteiger partial charge in [0.15, 0.2) is 0 Å². The Bertz CT molecular complexity index is 612. The van der Waals surface area contributed by atoms with Crippen molar-refractivity contribution in [2.75, 3.05) is 6.61 Å². The Hall–Kier alpha value is -1.81. The molecule has 4 atom stereocenters. The number of hydrogen-bond acceptors (Lipinski definition) is 5. The fourth-order valence-electron chi connectivity index (χ4n) is 4.48. The molecule has 1 saturated heterocycles. The van der Waals surface area contributed by atoms with Crippen molar-refractivity contribution in [1.29, 1.82) is 5.26 Å². The average Bonchev–Trinajstić information content (AvgIpc) is 2.73. The van der Waals surface area contributed by atoms with Crippen LogP contribution in [0.3, 0.4) is 0 Å². The Morgan fingerprint density at radius 3 is 2.50 bits per heavy atom. The molecule has 0 aromatic rings. The Balaban J connectivity index is 1.82. The van der Waals surface area contributed by atoms with Crippen molar-refractivity contribution < 1.29 is 19.4 Å². The molecule has 3 rings (SSSR count).